The first-order valence-electron chi connectivity index (χ1n) is 8.35. The van der Waals surface area contributed by atoms with Crippen LogP contribution in [0.3, 0.4) is 0 Å². The molecule has 6 nitrogen and oxygen atoms in total. The largest absolute Gasteiger partial charge is 0.353 e. The molecule has 2 N–H and O–H groups in total. The molecular formula is C17H27N5O. The molecule has 2 heterocycles. The Hall–Kier alpha value is -2.11. The molecule has 1 aromatic heterocycles. The molecule has 0 aromatic carbocycles. The second kappa shape index (κ2) is 8.50. The standard InChI is InChI=1S/C17H27N5O/c1-4-7-14(5-2)18-17(23)19-15-8-6-11-22(12-15)16-10-9-13(3)20-21-16/h4,9-10,14-15H,1,5-8,11-12H2,2-3H3,(H2,18,19,23)/t14-,15+/m0/s1. The average molecular weight is 317 g/mol. The van der Waals surface area contributed by atoms with Crippen LogP contribution in [0.2, 0.25) is 0 Å². The van der Waals surface area contributed by atoms with E-state index in [9.17, 15) is 4.79 Å². The molecule has 0 saturated carbocycles. The molecule has 2 rings (SSSR count). The molecule has 6 heteroatoms. The van der Waals surface area contributed by atoms with Crippen LogP contribution in [0.5, 0.6) is 0 Å². The maximum atomic E-state index is 12.1. The van der Waals surface area contributed by atoms with Crippen molar-refractivity contribution in [3.63, 3.8) is 0 Å². The zero-order valence-corrected chi connectivity index (χ0v) is 14.1. The third kappa shape index (κ3) is 5.23. The van der Waals surface area contributed by atoms with E-state index in [1.807, 2.05) is 25.1 Å². The van der Waals surface area contributed by atoms with Crippen LogP contribution in [0, 0.1) is 6.92 Å². The highest BCUT2D eigenvalue weighted by Gasteiger charge is 2.23. The molecule has 0 bridgehead atoms. The number of rotatable bonds is 6. The van der Waals surface area contributed by atoms with Gasteiger partial charge >= 0.3 is 6.03 Å². The van der Waals surface area contributed by atoms with Gasteiger partial charge in [0, 0.05) is 25.2 Å². The molecule has 1 fully saturated rings. The summed E-state index contributed by atoms with van der Waals surface area (Å²) in [5.41, 5.74) is 0.910. The van der Waals surface area contributed by atoms with Gasteiger partial charge in [-0.05, 0) is 44.7 Å². The third-order valence-corrected chi connectivity index (χ3v) is 4.14. The Morgan fingerprint density at radius 2 is 2.35 bits per heavy atom. The summed E-state index contributed by atoms with van der Waals surface area (Å²) in [4.78, 5) is 14.3. The Balaban J connectivity index is 1.87. The minimum Gasteiger partial charge on any atom is -0.353 e. The molecule has 23 heavy (non-hydrogen) atoms. The molecule has 0 spiro atoms. The number of aromatic nitrogens is 2. The van der Waals surface area contributed by atoms with Crippen LogP contribution in [0.1, 0.15) is 38.3 Å². The van der Waals surface area contributed by atoms with E-state index < -0.39 is 0 Å². The molecule has 2 atom stereocenters. The van der Waals surface area contributed by atoms with Gasteiger partial charge in [0.05, 0.1) is 5.69 Å². The predicted molar refractivity (Wildman–Crippen MR) is 92.6 cm³/mol. The second-order valence-corrected chi connectivity index (χ2v) is 6.07. The van der Waals surface area contributed by atoms with Crippen molar-refractivity contribution >= 4 is 11.8 Å². The Labute approximate surface area is 138 Å². The number of piperidine rings is 1. The van der Waals surface area contributed by atoms with E-state index in [2.05, 4.69) is 39.2 Å². The number of nitrogens with one attached hydrogen (secondary N) is 2. The number of carbonyl (C=O) groups is 1. The lowest BCUT2D eigenvalue weighted by Crippen LogP contribution is -2.52. The van der Waals surface area contributed by atoms with E-state index >= 15 is 0 Å². The Bertz CT molecular complexity index is 516. The van der Waals surface area contributed by atoms with Crippen molar-refractivity contribution in [2.24, 2.45) is 0 Å². The van der Waals surface area contributed by atoms with Crippen molar-refractivity contribution in [1.82, 2.24) is 20.8 Å². The molecule has 1 saturated heterocycles. The lowest BCUT2D eigenvalue weighted by Gasteiger charge is -2.34. The van der Waals surface area contributed by atoms with Crippen LogP contribution in [-0.2, 0) is 0 Å². The van der Waals surface area contributed by atoms with E-state index in [4.69, 9.17) is 0 Å². The average Bonchev–Trinajstić information content (AvgIpc) is 2.55. The van der Waals surface area contributed by atoms with Gasteiger partial charge in [-0.3, -0.25) is 0 Å². The Morgan fingerprint density at radius 3 is 3.00 bits per heavy atom. The number of carbonyl (C=O) groups excluding carboxylic acids is 1. The van der Waals surface area contributed by atoms with E-state index in [1.54, 1.807) is 0 Å². The van der Waals surface area contributed by atoms with Crippen LogP contribution in [0.25, 0.3) is 0 Å². The number of anilines is 1. The van der Waals surface area contributed by atoms with Gasteiger partial charge in [0.25, 0.3) is 0 Å². The number of urea groups is 1. The number of hydrogen-bond donors (Lipinski definition) is 2. The van der Waals surface area contributed by atoms with Crippen molar-refractivity contribution in [2.45, 2.75) is 51.6 Å². The summed E-state index contributed by atoms with van der Waals surface area (Å²) in [6.45, 7) is 9.44. The van der Waals surface area contributed by atoms with Crippen molar-refractivity contribution in [3.05, 3.63) is 30.5 Å². The minimum absolute atomic E-state index is 0.0967. The Kier molecular flexibility index (Phi) is 6.38. The van der Waals surface area contributed by atoms with E-state index in [0.29, 0.717) is 0 Å². The summed E-state index contributed by atoms with van der Waals surface area (Å²) in [5, 5.41) is 14.4. The normalized spacial score (nSPS) is 19.0. The Morgan fingerprint density at radius 1 is 1.52 bits per heavy atom. The zero-order chi connectivity index (χ0) is 16.7. The van der Waals surface area contributed by atoms with Crippen molar-refractivity contribution in [3.8, 4) is 0 Å². The maximum Gasteiger partial charge on any atom is 0.315 e. The van der Waals surface area contributed by atoms with Crippen molar-refractivity contribution < 1.29 is 4.79 Å². The first-order chi connectivity index (χ1) is 11.1. The second-order valence-electron chi connectivity index (χ2n) is 6.07. The minimum atomic E-state index is -0.0967. The first-order valence-corrected chi connectivity index (χ1v) is 8.35. The van der Waals surface area contributed by atoms with Gasteiger partial charge in [-0.15, -0.1) is 11.7 Å². The van der Waals surface area contributed by atoms with E-state index in [0.717, 1.165) is 50.3 Å². The molecule has 126 valence electrons. The van der Waals surface area contributed by atoms with Gasteiger partial charge in [-0.1, -0.05) is 13.0 Å². The highest BCUT2D eigenvalue weighted by Crippen LogP contribution is 2.17. The number of nitrogens with zero attached hydrogens (tertiary/aromatic N) is 3. The number of amides is 2. The topological polar surface area (TPSA) is 70.2 Å². The van der Waals surface area contributed by atoms with Crippen LogP contribution >= 0.6 is 0 Å². The van der Waals surface area contributed by atoms with Crippen molar-refractivity contribution in [1.29, 1.82) is 0 Å². The summed E-state index contributed by atoms with van der Waals surface area (Å²) in [6, 6.07) is 4.14. The molecule has 0 radical (unpaired) electrons. The van der Waals surface area contributed by atoms with Crippen molar-refractivity contribution in [2.75, 3.05) is 18.0 Å². The molecule has 1 aliphatic rings. The van der Waals surface area contributed by atoms with Gasteiger partial charge in [0.1, 0.15) is 0 Å². The lowest BCUT2D eigenvalue weighted by atomic mass is 10.1. The van der Waals surface area contributed by atoms with Crippen LogP contribution in [-0.4, -0.2) is 41.4 Å². The summed E-state index contributed by atoms with van der Waals surface area (Å²) in [6.07, 6.45) is 5.55. The quantitative estimate of drug-likeness (QED) is 0.791. The molecule has 0 aliphatic carbocycles. The highest BCUT2D eigenvalue weighted by atomic mass is 16.2. The van der Waals surface area contributed by atoms with Gasteiger partial charge < -0.3 is 15.5 Å². The third-order valence-electron chi connectivity index (χ3n) is 4.14. The summed E-state index contributed by atoms with van der Waals surface area (Å²) in [5.74, 6) is 0.876. The van der Waals surface area contributed by atoms with Crippen LogP contribution < -0.4 is 15.5 Å². The maximum absolute atomic E-state index is 12.1. The molecule has 2 amide bonds. The highest BCUT2D eigenvalue weighted by molar-refractivity contribution is 5.74. The van der Waals surface area contributed by atoms with Gasteiger partial charge in [0.2, 0.25) is 0 Å². The molecular weight excluding hydrogens is 290 g/mol. The summed E-state index contributed by atoms with van der Waals surface area (Å²) >= 11 is 0. The zero-order valence-electron chi connectivity index (χ0n) is 14.1. The smallest absolute Gasteiger partial charge is 0.315 e. The lowest BCUT2D eigenvalue weighted by molar-refractivity contribution is 0.230. The van der Waals surface area contributed by atoms with Crippen LogP contribution in [0.15, 0.2) is 24.8 Å². The van der Waals surface area contributed by atoms with Gasteiger partial charge in [-0.2, -0.15) is 5.10 Å². The molecule has 1 aliphatic heterocycles. The predicted octanol–water partition coefficient (Wildman–Crippen LogP) is 2.41. The van der Waals surface area contributed by atoms with Crippen LogP contribution in [0.4, 0.5) is 10.6 Å². The molecule has 0 unspecified atom stereocenters. The summed E-state index contributed by atoms with van der Waals surface area (Å²) < 4.78 is 0. The monoisotopic (exact) mass is 317 g/mol. The summed E-state index contributed by atoms with van der Waals surface area (Å²) in [7, 11) is 0. The van der Waals surface area contributed by atoms with Gasteiger partial charge in [-0.25, -0.2) is 4.79 Å². The fraction of sp³-hybridized carbons (Fsp3) is 0.588. The SMILES string of the molecule is C=CC[C@H](CC)NC(=O)N[C@@H]1CCCN(c2ccc(C)nn2)C1. The van der Waals surface area contributed by atoms with E-state index in [1.165, 1.54) is 0 Å². The number of aryl methyl sites for hydroxylation is 1. The fourth-order valence-corrected chi connectivity index (χ4v) is 2.80. The molecule has 1 aromatic rings. The number of hydrogen-bond acceptors (Lipinski definition) is 4. The van der Waals surface area contributed by atoms with Gasteiger partial charge in [0.15, 0.2) is 5.82 Å². The fourth-order valence-electron chi connectivity index (χ4n) is 2.80. The van der Waals surface area contributed by atoms with E-state index in [-0.39, 0.29) is 18.1 Å². The first kappa shape index (κ1) is 17.2.